The highest BCUT2D eigenvalue weighted by atomic mass is 32.2. The fourth-order valence-electron chi connectivity index (χ4n) is 3.83. The van der Waals surface area contributed by atoms with Crippen molar-refractivity contribution in [2.75, 3.05) is 13.1 Å². The molecule has 1 amide bonds. The summed E-state index contributed by atoms with van der Waals surface area (Å²) in [7, 11) is -3.61. The number of hydrogen-bond donors (Lipinski definition) is 1. The number of nitrogens with one attached hydrogen (secondary N) is 1. The van der Waals surface area contributed by atoms with Crippen molar-refractivity contribution in [3.8, 4) is 0 Å². The lowest BCUT2D eigenvalue weighted by Gasteiger charge is -2.23. The average molecular weight is 428 g/mol. The lowest BCUT2D eigenvalue weighted by Crippen LogP contribution is -2.31. The number of hydrogen-bond acceptors (Lipinski definition) is 4. The third-order valence-electron chi connectivity index (χ3n) is 5.59. The summed E-state index contributed by atoms with van der Waals surface area (Å²) in [5.74, 6) is 0.132. The van der Waals surface area contributed by atoms with Gasteiger partial charge in [-0.3, -0.25) is 4.79 Å². The first kappa shape index (κ1) is 22.2. The summed E-state index contributed by atoms with van der Waals surface area (Å²) in [6.07, 6.45) is 3.71. The Balaban J connectivity index is 1.63. The maximum atomic E-state index is 12.7. The minimum Gasteiger partial charge on any atom is -0.267 e. The standard InChI is InChI=1S/C23H29N3O3S/c1-3-26(4-2)30(28,29)22-12-8-11-20(17-22)23(27)25-24-21-15-13-19(14-16-21)18-9-6-5-7-10-18/h5-12,17,19H,3-4,13-16H2,1-2H3,(H,25,27). The Bertz CT molecular complexity index is 989. The molecule has 0 spiro atoms. The SMILES string of the molecule is CCN(CC)S(=O)(=O)c1cccc(C(=O)NN=C2CCC(c3ccccc3)CC2)c1. The van der Waals surface area contributed by atoms with Crippen LogP contribution in [0.4, 0.5) is 0 Å². The molecule has 0 unspecified atom stereocenters. The van der Waals surface area contributed by atoms with Gasteiger partial charge in [-0.15, -0.1) is 0 Å². The summed E-state index contributed by atoms with van der Waals surface area (Å²) < 4.78 is 26.7. The van der Waals surface area contributed by atoms with E-state index in [0.717, 1.165) is 31.4 Å². The van der Waals surface area contributed by atoms with Gasteiger partial charge in [-0.1, -0.05) is 50.2 Å². The van der Waals surface area contributed by atoms with Crippen molar-refractivity contribution in [2.24, 2.45) is 5.10 Å². The van der Waals surface area contributed by atoms with Gasteiger partial charge in [0.05, 0.1) is 4.90 Å². The van der Waals surface area contributed by atoms with E-state index >= 15 is 0 Å². The summed E-state index contributed by atoms with van der Waals surface area (Å²) >= 11 is 0. The molecule has 0 atom stereocenters. The topological polar surface area (TPSA) is 78.8 Å². The maximum absolute atomic E-state index is 12.7. The minimum atomic E-state index is -3.61. The molecule has 3 rings (SSSR count). The molecule has 0 aliphatic heterocycles. The Labute approximate surface area is 179 Å². The molecule has 0 radical (unpaired) electrons. The van der Waals surface area contributed by atoms with Crippen molar-refractivity contribution in [3.63, 3.8) is 0 Å². The molecule has 2 aromatic rings. The molecule has 1 aliphatic carbocycles. The maximum Gasteiger partial charge on any atom is 0.271 e. The van der Waals surface area contributed by atoms with E-state index in [1.54, 1.807) is 26.0 Å². The number of amides is 1. The molecular formula is C23H29N3O3S. The van der Waals surface area contributed by atoms with Gasteiger partial charge >= 0.3 is 0 Å². The largest absolute Gasteiger partial charge is 0.271 e. The number of benzene rings is 2. The second-order valence-electron chi connectivity index (χ2n) is 7.42. The highest BCUT2D eigenvalue weighted by Gasteiger charge is 2.23. The number of carbonyl (C=O) groups is 1. The van der Waals surface area contributed by atoms with Crippen LogP contribution in [-0.2, 0) is 10.0 Å². The summed E-state index contributed by atoms with van der Waals surface area (Å²) in [6.45, 7) is 4.35. The van der Waals surface area contributed by atoms with Crippen LogP contribution in [0.25, 0.3) is 0 Å². The molecule has 1 aliphatic rings. The lowest BCUT2D eigenvalue weighted by molar-refractivity contribution is 0.0954. The fourth-order valence-corrected chi connectivity index (χ4v) is 5.33. The predicted octanol–water partition coefficient (Wildman–Crippen LogP) is 4.16. The van der Waals surface area contributed by atoms with Crippen molar-refractivity contribution in [3.05, 3.63) is 65.7 Å². The summed E-state index contributed by atoms with van der Waals surface area (Å²) in [5.41, 5.74) is 5.21. The van der Waals surface area contributed by atoms with Gasteiger partial charge in [0.15, 0.2) is 0 Å². The van der Waals surface area contributed by atoms with Crippen LogP contribution in [0.2, 0.25) is 0 Å². The fraction of sp³-hybridized carbons (Fsp3) is 0.391. The number of rotatable bonds is 7. The molecule has 2 aromatic carbocycles. The molecule has 30 heavy (non-hydrogen) atoms. The number of nitrogens with zero attached hydrogens (tertiary/aromatic N) is 2. The van der Waals surface area contributed by atoms with E-state index in [-0.39, 0.29) is 10.5 Å². The third kappa shape index (κ3) is 5.15. The van der Waals surface area contributed by atoms with Crippen molar-refractivity contribution in [1.82, 2.24) is 9.73 Å². The Morgan fingerprint density at radius 3 is 2.33 bits per heavy atom. The lowest BCUT2D eigenvalue weighted by atomic mass is 9.83. The van der Waals surface area contributed by atoms with E-state index in [9.17, 15) is 13.2 Å². The highest BCUT2D eigenvalue weighted by Crippen LogP contribution is 2.31. The van der Waals surface area contributed by atoms with Crippen molar-refractivity contribution in [2.45, 2.75) is 50.3 Å². The Kier molecular flexibility index (Phi) is 7.39. The number of carbonyl (C=O) groups excluding carboxylic acids is 1. The van der Waals surface area contributed by atoms with E-state index in [1.807, 2.05) is 6.07 Å². The van der Waals surface area contributed by atoms with Gasteiger partial charge in [0.2, 0.25) is 10.0 Å². The van der Waals surface area contributed by atoms with Crippen LogP contribution in [0, 0.1) is 0 Å². The molecule has 0 heterocycles. The van der Waals surface area contributed by atoms with Gasteiger partial charge in [0.25, 0.3) is 5.91 Å². The van der Waals surface area contributed by atoms with E-state index < -0.39 is 15.9 Å². The third-order valence-corrected chi connectivity index (χ3v) is 7.63. The van der Waals surface area contributed by atoms with Crippen molar-refractivity contribution in [1.29, 1.82) is 0 Å². The number of sulfonamides is 1. The van der Waals surface area contributed by atoms with Crippen LogP contribution >= 0.6 is 0 Å². The van der Waals surface area contributed by atoms with E-state index in [1.165, 1.54) is 22.0 Å². The molecule has 7 heteroatoms. The second kappa shape index (κ2) is 10.00. The number of hydrazone groups is 1. The summed E-state index contributed by atoms with van der Waals surface area (Å²) in [6, 6.07) is 16.6. The first-order chi connectivity index (χ1) is 14.5. The molecule has 0 saturated heterocycles. The molecule has 6 nitrogen and oxygen atoms in total. The Morgan fingerprint density at radius 1 is 1.03 bits per heavy atom. The molecule has 1 N–H and O–H groups in total. The van der Waals surface area contributed by atoms with Crippen LogP contribution < -0.4 is 5.43 Å². The Hall–Kier alpha value is -2.51. The van der Waals surface area contributed by atoms with Gasteiger partial charge < -0.3 is 0 Å². The first-order valence-corrected chi connectivity index (χ1v) is 11.9. The molecular weight excluding hydrogens is 398 g/mol. The summed E-state index contributed by atoms with van der Waals surface area (Å²) in [5, 5.41) is 4.30. The van der Waals surface area contributed by atoms with Crippen LogP contribution in [-0.4, -0.2) is 37.4 Å². The Morgan fingerprint density at radius 2 is 1.70 bits per heavy atom. The molecule has 160 valence electrons. The van der Waals surface area contributed by atoms with Crippen LogP contribution in [0.1, 0.15) is 61.4 Å². The quantitative estimate of drug-likeness (QED) is 0.674. The van der Waals surface area contributed by atoms with E-state index in [2.05, 4.69) is 34.8 Å². The zero-order valence-corrected chi connectivity index (χ0v) is 18.4. The van der Waals surface area contributed by atoms with Gasteiger partial charge in [-0.2, -0.15) is 9.41 Å². The zero-order valence-electron chi connectivity index (χ0n) is 17.5. The normalized spacial score (nSPS) is 17.0. The van der Waals surface area contributed by atoms with Gasteiger partial charge in [0.1, 0.15) is 0 Å². The van der Waals surface area contributed by atoms with Crippen molar-refractivity contribution < 1.29 is 13.2 Å². The van der Waals surface area contributed by atoms with Crippen LogP contribution in [0.15, 0.2) is 64.6 Å². The monoisotopic (exact) mass is 427 g/mol. The van der Waals surface area contributed by atoms with Crippen LogP contribution in [0.3, 0.4) is 0 Å². The summed E-state index contributed by atoms with van der Waals surface area (Å²) in [4.78, 5) is 12.7. The van der Waals surface area contributed by atoms with Crippen LogP contribution in [0.5, 0.6) is 0 Å². The first-order valence-electron chi connectivity index (χ1n) is 10.5. The molecule has 0 aromatic heterocycles. The smallest absolute Gasteiger partial charge is 0.267 e. The highest BCUT2D eigenvalue weighted by molar-refractivity contribution is 7.89. The average Bonchev–Trinajstić information content (AvgIpc) is 2.79. The molecule has 1 saturated carbocycles. The second-order valence-corrected chi connectivity index (χ2v) is 9.36. The van der Waals surface area contributed by atoms with Gasteiger partial charge in [-0.25, -0.2) is 13.8 Å². The van der Waals surface area contributed by atoms with Gasteiger partial charge in [0, 0.05) is 24.4 Å². The van der Waals surface area contributed by atoms with Crippen molar-refractivity contribution >= 4 is 21.6 Å². The predicted molar refractivity (Wildman–Crippen MR) is 119 cm³/mol. The van der Waals surface area contributed by atoms with E-state index in [4.69, 9.17) is 0 Å². The minimum absolute atomic E-state index is 0.120. The van der Waals surface area contributed by atoms with Gasteiger partial charge in [-0.05, 0) is 55.4 Å². The molecule has 0 bridgehead atoms. The van der Waals surface area contributed by atoms with E-state index in [0.29, 0.717) is 19.0 Å². The zero-order chi connectivity index (χ0) is 21.6. The molecule has 1 fully saturated rings.